The van der Waals surface area contributed by atoms with Crippen LogP contribution >= 0.6 is 0 Å². The van der Waals surface area contributed by atoms with E-state index in [1.165, 1.54) is 12.8 Å². The van der Waals surface area contributed by atoms with Crippen molar-refractivity contribution in [1.29, 1.82) is 0 Å². The predicted molar refractivity (Wildman–Crippen MR) is 53.8 cm³/mol. The third kappa shape index (κ3) is 2.56. The standard InChI is InChI=1S/C9H19NOS/c1-3-9(4-2)10-5-7-12(11)8-6-10/h9H,3-8H2,1-2H3. The van der Waals surface area contributed by atoms with E-state index >= 15 is 0 Å². The second kappa shape index (κ2) is 4.97. The molecule has 0 unspecified atom stereocenters. The van der Waals surface area contributed by atoms with Gasteiger partial charge >= 0.3 is 0 Å². The lowest BCUT2D eigenvalue weighted by molar-refractivity contribution is 0.203. The van der Waals surface area contributed by atoms with Crippen LogP contribution in [0.2, 0.25) is 0 Å². The van der Waals surface area contributed by atoms with Crippen LogP contribution < -0.4 is 0 Å². The molecule has 3 heteroatoms. The Bertz CT molecular complexity index is 147. The molecule has 0 aliphatic carbocycles. The normalized spacial score (nSPS) is 21.9. The highest BCUT2D eigenvalue weighted by Gasteiger charge is 2.20. The Hall–Kier alpha value is 0.110. The molecule has 0 aromatic rings. The van der Waals surface area contributed by atoms with Gasteiger partial charge in [-0.1, -0.05) is 13.8 Å². The first-order valence-corrected chi connectivity index (χ1v) is 6.35. The van der Waals surface area contributed by atoms with E-state index in [1.807, 2.05) is 0 Å². The van der Waals surface area contributed by atoms with Crippen LogP contribution in [0.3, 0.4) is 0 Å². The summed E-state index contributed by atoms with van der Waals surface area (Å²) in [5, 5.41) is 0. The van der Waals surface area contributed by atoms with Crippen LogP contribution in [0.25, 0.3) is 0 Å². The molecule has 1 heterocycles. The molecule has 1 rings (SSSR count). The van der Waals surface area contributed by atoms with Gasteiger partial charge in [0.05, 0.1) is 0 Å². The Morgan fingerprint density at radius 2 is 1.75 bits per heavy atom. The average molecular weight is 189 g/mol. The maximum Gasteiger partial charge on any atom is 0.0363 e. The van der Waals surface area contributed by atoms with Gasteiger partial charge in [0.1, 0.15) is 0 Å². The highest BCUT2D eigenvalue weighted by molar-refractivity contribution is 7.85. The van der Waals surface area contributed by atoms with Crippen molar-refractivity contribution in [3.63, 3.8) is 0 Å². The summed E-state index contributed by atoms with van der Waals surface area (Å²) in [5.41, 5.74) is 0. The molecule has 0 N–H and O–H groups in total. The van der Waals surface area contributed by atoms with Crippen molar-refractivity contribution in [2.75, 3.05) is 24.6 Å². The number of rotatable bonds is 3. The van der Waals surface area contributed by atoms with Gasteiger partial charge in [0.2, 0.25) is 0 Å². The van der Waals surface area contributed by atoms with E-state index in [0.717, 1.165) is 30.6 Å². The molecule has 0 spiro atoms. The monoisotopic (exact) mass is 189 g/mol. The van der Waals surface area contributed by atoms with Gasteiger partial charge in [-0.05, 0) is 12.8 Å². The van der Waals surface area contributed by atoms with Gasteiger partial charge in [0.25, 0.3) is 0 Å². The minimum atomic E-state index is -0.523. The summed E-state index contributed by atoms with van der Waals surface area (Å²) in [6.45, 7) is 6.55. The Morgan fingerprint density at radius 3 is 2.17 bits per heavy atom. The van der Waals surface area contributed by atoms with Crippen molar-refractivity contribution in [3.05, 3.63) is 0 Å². The molecule has 1 aliphatic rings. The van der Waals surface area contributed by atoms with Gasteiger partial charge in [0, 0.05) is 41.4 Å². The molecule has 0 bridgehead atoms. The van der Waals surface area contributed by atoms with E-state index in [1.54, 1.807) is 0 Å². The second-order valence-electron chi connectivity index (χ2n) is 3.35. The maximum atomic E-state index is 11.1. The quantitative estimate of drug-likeness (QED) is 0.666. The molecule has 0 atom stereocenters. The van der Waals surface area contributed by atoms with E-state index in [4.69, 9.17) is 0 Å². The number of hydrogen-bond donors (Lipinski definition) is 0. The fraction of sp³-hybridized carbons (Fsp3) is 1.00. The van der Waals surface area contributed by atoms with Crippen LogP contribution in [0.5, 0.6) is 0 Å². The molecule has 0 saturated carbocycles. The van der Waals surface area contributed by atoms with Gasteiger partial charge in [-0.2, -0.15) is 0 Å². The van der Waals surface area contributed by atoms with Gasteiger partial charge in [-0.25, -0.2) is 0 Å². The van der Waals surface area contributed by atoms with Gasteiger partial charge in [-0.3, -0.25) is 9.11 Å². The minimum absolute atomic E-state index is 0.523. The zero-order valence-electron chi connectivity index (χ0n) is 8.08. The topological polar surface area (TPSA) is 20.3 Å². The molecule has 0 aromatic heterocycles. The van der Waals surface area contributed by atoms with Crippen molar-refractivity contribution in [3.8, 4) is 0 Å². The van der Waals surface area contributed by atoms with E-state index in [-0.39, 0.29) is 0 Å². The van der Waals surface area contributed by atoms with Gasteiger partial charge in [0.15, 0.2) is 0 Å². The van der Waals surface area contributed by atoms with Crippen LogP contribution in [-0.2, 0) is 10.8 Å². The molecule has 1 fully saturated rings. The van der Waals surface area contributed by atoms with Gasteiger partial charge in [-0.15, -0.1) is 0 Å². The Morgan fingerprint density at radius 1 is 1.25 bits per heavy atom. The minimum Gasteiger partial charge on any atom is -0.299 e. The number of nitrogens with zero attached hydrogens (tertiary/aromatic N) is 1. The summed E-state index contributed by atoms with van der Waals surface area (Å²) >= 11 is 0. The zero-order chi connectivity index (χ0) is 8.97. The van der Waals surface area contributed by atoms with E-state index in [9.17, 15) is 4.21 Å². The molecule has 1 aliphatic heterocycles. The van der Waals surface area contributed by atoms with Crippen LogP contribution in [0.15, 0.2) is 0 Å². The van der Waals surface area contributed by atoms with E-state index < -0.39 is 10.8 Å². The van der Waals surface area contributed by atoms with E-state index in [0.29, 0.717) is 0 Å². The first kappa shape index (κ1) is 10.2. The fourth-order valence-electron chi connectivity index (χ4n) is 1.82. The molecule has 0 amide bonds. The predicted octanol–water partition coefficient (Wildman–Crippen LogP) is 1.24. The third-order valence-corrected chi connectivity index (χ3v) is 3.95. The van der Waals surface area contributed by atoms with Crippen molar-refractivity contribution in [2.24, 2.45) is 0 Å². The molecule has 0 aromatic carbocycles. The second-order valence-corrected chi connectivity index (χ2v) is 5.05. The van der Waals surface area contributed by atoms with Gasteiger partial charge < -0.3 is 0 Å². The van der Waals surface area contributed by atoms with Crippen LogP contribution in [0.1, 0.15) is 26.7 Å². The Labute approximate surface area is 77.8 Å². The molecular formula is C9H19NOS. The Balaban J connectivity index is 2.37. The summed E-state index contributed by atoms with van der Waals surface area (Å²) in [5.74, 6) is 1.77. The summed E-state index contributed by atoms with van der Waals surface area (Å²) < 4.78 is 11.1. The summed E-state index contributed by atoms with van der Waals surface area (Å²) in [4.78, 5) is 2.49. The van der Waals surface area contributed by atoms with Crippen LogP contribution in [0.4, 0.5) is 0 Å². The molecule has 12 heavy (non-hydrogen) atoms. The molecule has 2 nitrogen and oxygen atoms in total. The largest absolute Gasteiger partial charge is 0.299 e. The third-order valence-electron chi connectivity index (χ3n) is 2.67. The first-order chi connectivity index (χ1) is 5.77. The van der Waals surface area contributed by atoms with Crippen LogP contribution in [0, 0.1) is 0 Å². The lowest BCUT2D eigenvalue weighted by atomic mass is 10.1. The van der Waals surface area contributed by atoms with Crippen LogP contribution in [-0.4, -0.2) is 39.7 Å². The highest BCUT2D eigenvalue weighted by atomic mass is 32.2. The SMILES string of the molecule is CCC(CC)N1CCS(=O)CC1. The summed E-state index contributed by atoms with van der Waals surface area (Å²) in [6.07, 6.45) is 2.45. The molecule has 1 saturated heterocycles. The first-order valence-electron chi connectivity index (χ1n) is 4.87. The lowest BCUT2D eigenvalue weighted by Crippen LogP contribution is -2.43. The highest BCUT2D eigenvalue weighted by Crippen LogP contribution is 2.11. The fourth-order valence-corrected chi connectivity index (χ4v) is 2.90. The van der Waals surface area contributed by atoms with Crippen molar-refractivity contribution in [2.45, 2.75) is 32.7 Å². The van der Waals surface area contributed by atoms with Crippen molar-refractivity contribution >= 4 is 10.8 Å². The molecular weight excluding hydrogens is 170 g/mol. The van der Waals surface area contributed by atoms with E-state index in [2.05, 4.69) is 18.7 Å². The summed E-state index contributed by atoms with van der Waals surface area (Å²) in [6, 6.07) is 0.724. The zero-order valence-corrected chi connectivity index (χ0v) is 8.90. The lowest BCUT2D eigenvalue weighted by Gasteiger charge is -2.32. The number of hydrogen-bond acceptors (Lipinski definition) is 2. The van der Waals surface area contributed by atoms with Crippen molar-refractivity contribution < 1.29 is 4.21 Å². The molecule has 72 valence electrons. The summed E-state index contributed by atoms with van der Waals surface area (Å²) in [7, 11) is -0.523. The average Bonchev–Trinajstić information content (AvgIpc) is 2.10. The smallest absolute Gasteiger partial charge is 0.0363 e. The maximum absolute atomic E-state index is 11.1. The Kier molecular flexibility index (Phi) is 4.22. The van der Waals surface area contributed by atoms with Crippen molar-refractivity contribution in [1.82, 2.24) is 4.90 Å². The molecule has 0 radical (unpaired) electrons.